The van der Waals surface area contributed by atoms with Gasteiger partial charge in [-0.3, -0.25) is 9.59 Å². The molecule has 2 aromatic rings. The second-order valence-electron chi connectivity index (χ2n) is 13.1. The number of hydrogen-bond donors (Lipinski definition) is 0. The van der Waals surface area contributed by atoms with Gasteiger partial charge in [0.15, 0.2) is 11.6 Å². The molecule has 0 N–H and O–H groups in total. The van der Waals surface area contributed by atoms with Gasteiger partial charge in [-0.05, 0) is 69.8 Å². The van der Waals surface area contributed by atoms with Gasteiger partial charge >= 0.3 is 0 Å². The average molecular weight is 685 g/mol. The topological polar surface area (TPSA) is 55.8 Å². The van der Waals surface area contributed by atoms with Crippen molar-refractivity contribution in [1.82, 2.24) is 4.90 Å². The molecule has 0 atom stereocenters. The highest BCUT2D eigenvalue weighted by Gasteiger charge is 2.48. The number of allylic oxidation sites excluding steroid dienone is 4. The minimum atomic E-state index is -0.375. The SMILES string of the molecule is COCCCN1C2=C(C(=O)CC(C)(C)C2)C(c2ccc(OCc3ccccc3Br)c(Br)c2)C2=C1CC(C)(C)CC2=O. The zero-order chi connectivity index (χ0) is 29.5. The molecule has 218 valence electrons. The van der Waals surface area contributed by atoms with Crippen molar-refractivity contribution in [2.24, 2.45) is 10.8 Å². The minimum absolute atomic E-state index is 0.143. The van der Waals surface area contributed by atoms with Crippen molar-refractivity contribution in [3.8, 4) is 5.75 Å². The van der Waals surface area contributed by atoms with Crippen LogP contribution in [0.5, 0.6) is 5.75 Å². The van der Waals surface area contributed by atoms with E-state index in [1.165, 1.54) is 0 Å². The molecule has 5 rings (SSSR count). The van der Waals surface area contributed by atoms with E-state index in [1.54, 1.807) is 7.11 Å². The smallest absolute Gasteiger partial charge is 0.162 e. The first-order chi connectivity index (χ1) is 19.4. The number of benzene rings is 2. The first kappa shape index (κ1) is 30.2. The van der Waals surface area contributed by atoms with Crippen LogP contribution in [0.4, 0.5) is 0 Å². The first-order valence-corrected chi connectivity index (χ1v) is 15.9. The molecule has 0 aromatic heterocycles. The van der Waals surface area contributed by atoms with Gasteiger partial charge in [-0.15, -0.1) is 0 Å². The molecular formula is C34H39Br2NO4. The maximum Gasteiger partial charge on any atom is 0.162 e. The van der Waals surface area contributed by atoms with Crippen LogP contribution in [0.2, 0.25) is 0 Å². The van der Waals surface area contributed by atoms with E-state index in [2.05, 4.69) is 64.5 Å². The lowest BCUT2D eigenvalue weighted by Crippen LogP contribution is -2.44. The normalized spacial score (nSPS) is 20.3. The molecule has 0 bridgehead atoms. The van der Waals surface area contributed by atoms with Crippen LogP contribution in [-0.4, -0.2) is 36.7 Å². The third-order valence-corrected chi connectivity index (χ3v) is 9.78. The summed E-state index contributed by atoms with van der Waals surface area (Å²) in [6, 6.07) is 14.0. The van der Waals surface area contributed by atoms with Gasteiger partial charge in [0.1, 0.15) is 12.4 Å². The second kappa shape index (κ2) is 11.8. The number of ketones is 2. The molecule has 1 heterocycles. The molecule has 1 aliphatic heterocycles. The quantitative estimate of drug-likeness (QED) is 0.261. The highest BCUT2D eigenvalue weighted by Crippen LogP contribution is 2.54. The number of carbonyl (C=O) groups excluding carboxylic acids is 2. The van der Waals surface area contributed by atoms with E-state index in [0.717, 1.165) is 74.2 Å². The molecule has 2 aromatic carbocycles. The van der Waals surface area contributed by atoms with Crippen molar-refractivity contribution in [2.45, 2.75) is 72.3 Å². The Labute approximate surface area is 260 Å². The van der Waals surface area contributed by atoms with Crippen molar-refractivity contribution in [3.63, 3.8) is 0 Å². The number of nitrogens with zero attached hydrogens (tertiary/aromatic N) is 1. The molecule has 2 aliphatic carbocycles. The molecule has 0 unspecified atom stereocenters. The monoisotopic (exact) mass is 683 g/mol. The summed E-state index contributed by atoms with van der Waals surface area (Å²) in [5.41, 5.74) is 5.48. The molecule has 3 aliphatic rings. The fourth-order valence-electron chi connectivity index (χ4n) is 6.60. The summed E-state index contributed by atoms with van der Waals surface area (Å²) in [6.07, 6.45) is 3.39. The molecule has 7 heteroatoms. The molecule has 0 saturated carbocycles. The van der Waals surface area contributed by atoms with Crippen LogP contribution < -0.4 is 4.74 Å². The molecule has 0 amide bonds. The fraction of sp³-hybridized carbons (Fsp3) is 0.471. The number of halogens is 2. The number of ether oxygens (including phenoxy) is 2. The van der Waals surface area contributed by atoms with E-state index in [4.69, 9.17) is 9.47 Å². The van der Waals surface area contributed by atoms with Crippen molar-refractivity contribution in [2.75, 3.05) is 20.3 Å². The maximum atomic E-state index is 14.0. The van der Waals surface area contributed by atoms with Crippen LogP contribution in [0, 0.1) is 10.8 Å². The lowest BCUT2D eigenvalue weighted by molar-refractivity contribution is -0.119. The Morgan fingerprint density at radius 3 is 2.02 bits per heavy atom. The largest absolute Gasteiger partial charge is 0.488 e. The summed E-state index contributed by atoms with van der Waals surface area (Å²) >= 11 is 7.33. The van der Waals surface area contributed by atoms with Crippen LogP contribution in [0.25, 0.3) is 0 Å². The molecule has 0 fully saturated rings. The van der Waals surface area contributed by atoms with Gasteiger partial charge in [0, 0.05) is 71.6 Å². The molecule has 41 heavy (non-hydrogen) atoms. The van der Waals surface area contributed by atoms with Crippen LogP contribution >= 0.6 is 31.9 Å². The van der Waals surface area contributed by atoms with Crippen LogP contribution in [0.15, 0.2) is 74.0 Å². The minimum Gasteiger partial charge on any atom is -0.488 e. The summed E-state index contributed by atoms with van der Waals surface area (Å²) < 4.78 is 13.4. The summed E-state index contributed by atoms with van der Waals surface area (Å²) in [4.78, 5) is 30.3. The predicted octanol–water partition coefficient (Wildman–Crippen LogP) is 8.51. The van der Waals surface area contributed by atoms with Crippen molar-refractivity contribution in [1.29, 1.82) is 0 Å². The molecule has 0 saturated heterocycles. The van der Waals surface area contributed by atoms with Gasteiger partial charge in [-0.2, -0.15) is 0 Å². The fourth-order valence-corrected chi connectivity index (χ4v) is 7.51. The Morgan fingerprint density at radius 2 is 1.46 bits per heavy atom. The van der Waals surface area contributed by atoms with Crippen molar-refractivity contribution >= 4 is 43.4 Å². The first-order valence-electron chi connectivity index (χ1n) is 14.4. The lowest BCUT2D eigenvalue weighted by Gasteiger charge is -2.49. The summed E-state index contributed by atoms with van der Waals surface area (Å²) in [5.74, 6) is 0.636. The summed E-state index contributed by atoms with van der Waals surface area (Å²) in [6.45, 7) is 10.5. The van der Waals surface area contributed by atoms with Gasteiger partial charge in [-0.1, -0.05) is 67.9 Å². The summed E-state index contributed by atoms with van der Waals surface area (Å²) in [5, 5.41) is 0. The number of rotatable bonds is 8. The van der Waals surface area contributed by atoms with E-state index in [9.17, 15) is 9.59 Å². The van der Waals surface area contributed by atoms with Crippen molar-refractivity contribution in [3.05, 3.63) is 85.1 Å². The van der Waals surface area contributed by atoms with Gasteiger partial charge < -0.3 is 14.4 Å². The van der Waals surface area contributed by atoms with E-state index >= 15 is 0 Å². The third kappa shape index (κ3) is 6.28. The van der Waals surface area contributed by atoms with E-state index in [-0.39, 0.29) is 28.3 Å². The number of methoxy groups -OCH3 is 1. The van der Waals surface area contributed by atoms with Crippen LogP contribution in [0.1, 0.15) is 76.8 Å². The second-order valence-corrected chi connectivity index (χ2v) is 14.8. The Hall–Kier alpha value is -2.22. The molecule has 5 nitrogen and oxygen atoms in total. The zero-order valence-corrected chi connectivity index (χ0v) is 27.8. The third-order valence-electron chi connectivity index (χ3n) is 8.38. The Balaban J connectivity index is 1.59. The molecular weight excluding hydrogens is 646 g/mol. The number of Topliss-reactive ketones (excluding diaryl/α,β-unsaturated/α-hetero) is 2. The van der Waals surface area contributed by atoms with E-state index < -0.39 is 0 Å². The van der Waals surface area contributed by atoms with Crippen LogP contribution in [0.3, 0.4) is 0 Å². The Bertz CT molecular complexity index is 1380. The van der Waals surface area contributed by atoms with Gasteiger partial charge in [-0.25, -0.2) is 0 Å². The predicted molar refractivity (Wildman–Crippen MR) is 169 cm³/mol. The highest BCUT2D eigenvalue weighted by atomic mass is 79.9. The Kier molecular flexibility index (Phi) is 8.71. The molecule has 0 radical (unpaired) electrons. The zero-order valence-electron chi connectivity index (χ0n) is 24.6. The Morgan fingerprint density at radius 1 is 0.854 bits per heavy atom. The number of hydrogen-bond acceptors (Lipinski definition) is 5. The number of carbonyl (C=O) groups is 2. The van der Waals surface area contributed by atoms with E-state index in [0.29, 0.717) is 26.1 Å². The standard InChI is InChI=1S/C34H39Br2NO4/c1-33(2)16-25-31(27(38)18-33)30(32-26(37(25)13-8-14-40-5)17-34(3,4)19-28(32)39)21-11-12-29(24(36)15-21)41-20-22-9-6-7-10-23(22)35/h6-7,9-12,15,30H,8,13-14,16-20H2,1-5H3. The highest BCUT2D eigenvalue weighted by molar-refractivity contribution is 9.10. The van der Waals surface area contributed by atoms with Gasteiger partial charge in [0.25, 0.3) is 0 Å². The summed E-state index contributed by atoms with van der Waals surface area (Å²) in [7, 11) is 1.71. The van der Waals surface area contributed by atoms with E-state index in [1.807, 2.05) is 42.5 Å². The van der Waals surface area contributed by atoms with Gasteiger partial charge in [0.2, 0.25) is 0 Å². The average Bonchev–Trinajstić information content (AvgIpc) is 2.88. The maximum absolute atomic E-state index is 14.0. The van der Waals surface area contributed by atoms with Gasteiger partial charge in [0.05, 0.1) is 4.47 Å². The van der Waals surface area contributed by atoms with Crippen LogP contribution in [-0.2, 0) is 20.9 Å². The van der Waals surface area contributed by atoms with Crippen molar-refractivity contribution < 1.29 is 19.1 Å². The molecule has 0 spiro atoms. The lowest BCUT2D eigenvalue weighted by atomic mass is 9.63.